The lowest BCUT2D eigenvalue weighted by Crippen LogP contribution is -2.35. The first-order valence-electron chi connectivity index (χ1n) is 8.00. The molecule has 0 bridgehead atoms. The van der Waals surface area contributed by atoms with E-state index in [1.165, 1.54) is 0 Å². The van der Waals surface area contributed by atoms with Gasteiger partial charge in [-0.3, -0.25) is 0 Å². The summed E-state index contributed by atoms with van der Waals surface area (Å²) in [5, 5.41) is 3.39. The Labute approximate surface area is 146 Å². The summed E-state index contributed by atoms with van der Waals surface area (Å²) >= 11 is 3.52. The molecule has 2 heterocycles. The maximum absolute atomic E-state index is 12.1. The van der Waals surface area contributed by atoms with E-state index in [2.05, 4.69) is 26.2 Å². The van der Waals surface area contributed by atoms with Crippen LogP contribution >= 0.6 is 15.9 Å². The Morgan fingerprint density at radius 2 is 2.17 bits per heavy atom. The number of hydrogen-bond acceptors (Lipinski definition) is 5. The lowest BCUT2D eigenvalue weighted by Gasteiger charge is -2.34. The molecular weight excluding hydrogens is 360 g/mol. The Morgan fingerprint density at radius 1 is 1.39 bits per heavy atom. The van der Waals surface area contributed by atoms with Gasteiger partial charge in [-0.05, 0) is 75.1 Å². The molecule has 23 heavy (non-hydrogen) atoms. The van der Waals surface area contributed by atoms with Gasteiger partial charge in [0.25, 0.3) is 0 Å². The fourth-order valence-electron chi connectivity index (χ4n) is 2.82. The van der Waals surface area contributed by atoms with Gasteiger partial charge in [0.2, 0.25) is 0 Å². The monoisotopic (exact) mass is 384 g/mol. The van der Waals surface area contributed by atoms with Crippen LogP contribution in [0.15, 0.2) is 22.9 Å². The van der Waals surface area contributed by atoms with Crippen molar-refractivity contribution in [3.05, 3.63) is 28.5 Å². The first kappa shape index (κ1) is 18.4. The molecule has 1 fully saturated rings. The zero-order valence-corrected chi connectivity index (χ0v) is 15.6. The predicted molar refractivity (Wildman–Crippen MR) is 92.1 cm³/mol. The van der Waals surface area contributed by atoms with Crippen molar-refractivity contribution in [3.63, 3.8) is 0 Å². The standard InChI is InChI=1S/C17H25BrN2O3/c1-16(2,3)23-14(21)12-22-17(7-5-9-19-11-8-17)13-6-4-10-20-15(13)18/h4,6,10,19H,5,7-9,11-12H2,1-3H3. The summed E-state index contributed by atoms with van der Waals surface area (Å²) in [7, 11) is 0. The number of hydrogen-bond donors (Lipinski definition) is 1. The summed E-state index contributed by atoms with van der Waals surface area (Å²) in [6, 6.07) is 3.91. The number of aromatic nitrogens is 1. The van der Waals surface area contributed by atoms with Gasteiger partial charge in [0.15, 0.2) is 0 Å². The number of halogens is 1. The molecule has 128 valence electrons. The number of nitrogens with one attached hydrogen (secondary N) is 1. The van der Waals surface area contributed by atoms with E-state index in [9.17, 15) is 4.79 Å². The van der Waals surface area contributed by atoms with Gasteiger partial charge in [-0.1, -0.05) is 6.07 Å². The maximum atomic E-state index is 12.1. The number of esters is 1. The lowest BCUT2D eigenvalue weighted by molar-refractivity contribution is -0.169. The quantitative estimate of drug-likeness (QED) is 0.637. The molecule has 0 aromatic carbocycles. The van der Waals surface area contributed by atoms with Crippen molar-refractivity contribution in [1.29, 1.82) is 0 Å². The van der Waals surface area contributed by atoms with Crippen molar-refractivity contribution >= 4 is 21.9 Å². The van der Waals surface area contributed by atoms with Crippen molar-refractivity contribution in [1.82, 2.24) is 10.3 Å². The number of ether oxygens (including phenoxy) is 2. The largest absolute Gasteiger partial charge is 0.458 e. The van der Waals surface area contributed by atoms with E-state index in [1.54, 1.807) is 6.20 Å². The van der Waals surface area contributed by atoms with Crippen molar-refractivity contribution in [2.45, 2.75) is 51.2 Å². The van der Waals surface area contributed by atoms with Gasteiger partial charge in [-0.2, -0.15) is 0 Å². The molecule has 0 spiro atoms. The fraction of sp³-hybridized carbons (Fsp3) is 0.647. The third-order valence-corrected chi connectivity index (χ3v) is 4.41. The molecular formula is C17H25BrN2O3. The molecule has 0 saturated carbocycles. The van der Waals surface area contributed by atoms with Crippen LogP contribution in [0.25, 0.3) is 0 Å². The molecule has 1 saturated heterocycles. The van der Waals surface area contributed by atoms with E-state index in [0.717, 1.165) is 42.5 Å². The topological polar surface area (TPSA) is 60.5 Å². The van der Waals surface area contributed by atoms with E-state index in [-0.39, 0.29) is 12.6 Å². The van der Waals surface area contributed by atoms with Crippen molar-refractivity contribution in [2.24, 2.45) is 0 Å². The Morgan fingerprint density at radius 3 is 2.87 bits per heavy atom. The highest BCUT2D eigenvalue weighted by Crippen LogP contribution is 2.38. The second kappa shape index (κ2) is 7.73. The average molecular weight is 385 g/mol. The van der Waals surface area contributed by atoms with E-state index in [1.807, 2.05) is 32.9 Å². The highest BCUT2D eigenvalue weighted by Gasteiger charge is 2.37. The van der Waals surface area contributed by atoms with Crippen LogP contribution in [0.4, 0.5) is 0 Å². The van der Waals surface area contributed by atoms with Crippen molar-refractivity contribution < 1.29 is 14.3 Å². The third-order valence-electron chi connectivity index (χ3n) is 3.78. The third kappa shape index (κ3) is 5.26. The van der Waals surface area contributed by atoms with Gasteiger partial charge in [-0.25, -0.2) is 9.78 Å². The zero-order chi connectivity index (χ0) is 16.9. The van der Waals surface area contributed by atoms with Crippen LogP contribution in [-0.2, 0) is 19.9 Å². The van der Waals surface area contributed by atoms with Crippen LogP contribution in [0, 0.1) is 0 Å². The molecule has 5 nitrogen and oxygen atoms in total. The summed E-state index contributed by atoms with van der Waals surface area (Å²) in [6.07, 6.45) is 4.35. The smallest absolute Gasteiger partial charge is 0.332 e. The lowest BCUT2D eigenvalue weighted by atomic mass is 9.87. The Bertz CT molecular complexity index is 535. The Balaban J connectivity index is 2.18. The Kier molecular flexibility index (Phi) is 6.17. The molecule has 1 atom stereocenters. The molecule has 2 rings (SSSR count). The minimum atomic E-state index is -0.520. The summed E-state index contributed by atoms with van der Waals surface area (Å²) in [6.45, 7) is 7.31. The van der Waals surface area contributed by atoms with Crippen LogP contribution in [0.2, 0.25) is 0 Å². The summed E-state index contributed by atoms with van der Waals surface area (Å²) in [4.78, 5) is 16.4. The second-order valence-corrected chi connectivity index (χ2v) is 7.57. The number of pyridine rings is 1. The highest BCUT2D eigenvalue weighted by molar-refractivity contribution is 9.10. The highest BCUT2D eigenvalue weighted by atomic mass is 79.9. The van der Waals surface area contributed by atoms with Crippen LogP contribution in [0.1, 0.15) is 45.6 Å². The Hall–Kier alpha value is -0.980. The van der Waals surface area contributed by atoms with E-state index >= 15 is 0 Å². The minimum absolute atomic E-state index is 0.0569. The molecule has 0 amide bonds. The minimum Gasteiger partial charge on any atom is -0.458 e. The van der Waals surface area contributed by atoms with E-state index in [0.29, 0.717) is 0 Å². The van der Waals surface area contributed by atoms with E-state index < -0.39 is 11.2 Å². The average Bonchev–Trinajstić information content (AvgIpc) is 2.70. The van der Waals surface area contributed by atoms with E-state index in [4.69, 9.17) is 9.47 Å². The summed E-state index contributed by atoms with van der Waals surface area (Å²) < 4.78 is 12.3. The van der Waals surface area contributed by atoms with Crippen LogP contribution < -0.4 is 5.32 Å². The molecule has 0 aliphatic carbocycles. The molecule has 6 heteroatoms. The molecule has 1 aromatic rings. The fourth-order valence-corrected chi connectivity index (χ4v) is 3.44. The SMILES string of the molecule is CC(C)(C)OC(=O)COC1(c2cccnc2Br)CCCNCC1. The van der Waals surface area contributed by atoms with Crippen LogP contribution in [0.5, 0.6) is 0 Å². The number of rotatable bonds is 4. The molecule has 1 aromatic heterocycles. The normalized spacial score (nSPS) is 22.4. The van der Waals surface area contributed by atoms with Crippen molar-refractivity contribution in [3.8, 4) is 0 Å². The van der Waals surface area contributed by atoms with Crippen LogP contribution in [0.3, 0.4) is 0 Å². The number of carbonyl (C=O) groups is 1. The van der Waals surface area contributed by atoms with Crippen LogP contribution in [-0.4, -0.2) is 36.3 Å². The number of carbonyl (C=O) groups excluding carboxylic acids is 1. The second-order valence-electron chi connectivity index (χ2n) is 6.81. The van der Waals surface area contributed by atoms with Gasteiger partial charge < -0.3 is 14.8 Å². The summed E-state index contributed by atoms with van der Waals surface area (Å²) in [5.74, 6) is -0.339. The first-order valence-corrected chi connectivity index (χ1v) is 8.79. The van der Waals surface area contributed by atoms with Gasteiger partial charge in [-0.15, -0.1) is 0 Å². The first-order chi connectivity index (χ1) is 10.8. The summed E-state index contributed by atoms with van der Waals surface area (Å²) in [5.41, 5.74) is -0.0340. The maximum Gasteiger partial charge on any atom is 0.332 e. The molecule has 1 aliphatic rings. The van der Waals surface area contributed by atoms with Gasteiger partial charge in [0, 0.05) is 11.8 Å². The van der Waals surface area contributed by atoms with Gasteiger partial charge in [0.05, 0.1) is 5.60 Å². The van der Waals surface area contributed by atoms with Gasteiger partial charge >= 0.3 is 5.97 Å². The van der Waals surface area contributed by atoms with Gasteiger partial charge in [0.1, 0.15) is 16.8 Å². The molecule has 0 radical (unpaired) electrons. The number of nitrogens with zero attached hydrogens (tertiary/aromatic N) is 1. The molecule has 1 aliphatic heterocycles. The zero-order valence-electron chi connectivity index (χ0n) is 14.0. The predicted octanol–water partition coefficient (Wildman–Crippen LogP) is 3.17. The molecule has 1 unspecified atom stereocenters. The van der Waals surface area contributed by atoms with Crippen molar-refractivity contribution in [2.75, 3.05) is 19.7 Å². The molecule has 1 N–H and O–H groups in total.